The van der Waals surface area contributed by atoms with E-state index < -0.39 is 0 Å². The molecule has 0 aliphatic rings. The zero-order valence-electron chi connectivity index (χ0n) is 12.9. The number of benzene rings is 1. The van der Waals surface area contributed by atoms with E-state index >= 15 is 0 Å². The summed E-state index contributed by atoms with van der Waals surface area (Å²) < 4.78 is 11.9. The first-order valence-corrected chi connectivity index (χ1v) is 7.85. The van der Waals surface area contributed by atoms with E-state index in [4.69, 9.17) is 9.47 Å². The minimum absolute atomic E-state index is 0.147. The van der Waals surface area contributed by atoms with Crippen LogP contribution in [0.2, 0.25) is 0 Å². The minimum atomic E-state index is -0.147. The highest BCUT2D eigenvalue weighted by Gasteiger charge is 2.08. The van der Waals surface area contributed by atoms with Crippen LogP contribution in [0.1, 0.15) is 4.88 Å². The maximum Gasteiger partial charge on any atom is 0.293 e. The first-order valence-electron chi connectivity index (χ1n) is 7.04. The Bertz CT molecular complexity index is 870. The lowest BCUT2D eigenvalue weighted by Crippen LogP contribution is -2.20. The molecule has 118 valence electrons. The number of methoxy groups -OCH3 is 2. The molecule has 6 heteroatoms. The van der Waals surface area contributed by atoms with Crippen molar-refractivity contribution in [3.63, 3.8) is 0 Å². The van der Waals surface area contributed by atoms with E-state index in [1.165, 1.54) is 7.11 Å². The van der Waals surface area contributed by atoms with E-state index in [9.17, 15) is 4.79 Å². The Morgan fingerprint density at radius 3 is 2.83 bits per heavy atom. The summed E-state index contributed by atoms with van der Waals surface area (Å²) in [5, 5.41) is 0.898. The highest BCUT2D eigenvalue weighted by atomic mass is 32.1. The van der Waals surface area contributed by atoms with Gasteiger partial charge in [-0.2, -0.15) is 0 Å². The zero-order valence-corrected chi connectivity index (χ0v) is 13.7. The third-order valence-corrected chi connectivity index (χ3v) is 4.43. The molecule has 23 heavy (non-hydrogen) atoms. The summed E-state index contributed by atoms with van der Waals surface area (Å²) in [6.45, 7) is 0.470. The molecular weight excluding hydrogens is 312 g/mol. The first-order chi connectivity index (χ1) is 11.2. The Kier molecular flexibility index (Phi) is 4.43. The van der Waals surface area contributed by atoms with E-state index in [2.05, 4.69) is 4.98 Å². The molecule has 0 spiro atoms. The molecule has 3 aromatic rings. The van der Waals surface area contributed by atoms with Crippen LogP contribution in [0.3, 0.4) is 0 Å². The lowest BCUT2D eigenvalue weighted by atomic mass is 10.2. The maximum absolute atomic E-state index is 12.2. The maximum atomic E-state index is 12.2. The van der Waals surface area contributed by atoms with Gasteiger partial charge in [0.2, 0.25) is 0 Å². The van der Waals surface area contributed by atoms with Crippen molar-refractivity contribution in [3.05, 3.63) is 64.0 Å². The molecule has 2 aromatic heterocycles. The van der Waals surface area contributed by atoms with Crippen molar-refractivity contribution in [1.82, 2.24) is 9.55 Å². The fourth-order valence-corrected chi connectivity index (χ4v) is 3.14. The van der Waals surface area contributed by atoms with Crippen molar-refractivity contribution in [2.24, 2.45) is 0 Å². The molecule has 0 aliphatic heterocycles. The lowest BCUT2D eigenvalue weighted by Gasteiger charge is -2.05. The number of hydrogen-bond acceptors (Lipinski definition) is 5. The molecule has 1 aromatic carbocycles. The summed E-state index contributed by atoms with van der Waals surface area (Å²) in [6, 6.07) is 11.2. The Balaban J connectivity index is 1.86. The summed E-state index contributed by atoms with van der Waals surface area (Å²) in [5.74, 6) is 1.13. The quantitative estimate of drug-likeness (QED) is 0.722. The second-order valence-electron chi connectivity index (χ2n) is 4.87. The van der Waals surface area contributed by atoms with Gasteiger partial charge in [0.1, 0.15) is 10.8 Å². The van der Waals surface area contributed by atoms with E-state index in [0.29, 0.717) is 12.3 Å². The van der Waals surface area contributed by atoms with Crippen LogP contribution in [0, 0.1) is 0 Å². The molecule has 0 atom stereocenters. The molecule has 0 saturated carbocycles. The van der Waals surface area contributed by atoms with Crippen LogP contribution in [0.5, 0.6) is 11.5 Å². The van der Waals surface area contributed by atoms with Gasteiger partial charge in [-0.05, 0) is 24.3 Å². The number of ether oxygens (including phenoxy) is 2. The van der Waals surface area contributed by atoms with Crippen LogP contribution in [-0.2, 0) is 6.54 Å². The van der Waals surface area contributed by atoms with Gasteiger partial charge in [0.15, 0.2) is 5.75 Å². The molecule has 0 saturated heterocycles. The van der Waals surface area contributed by atoms with Crippen molar-refractivity contribution in [2.75, 3.05) is 14.2 Å². The first kappa shape index (κ1) is 15.3. The average Bonchev–Trinajstić information content (AvgIpc) is 3.05. The largest absolute Gasteiger partial charge is 0.497 e. The van der Waals surface area contributed by atoms with E-state index in [-0.39, 0.29) is 5.56 Å². The van der Waals surface area contributed by atoms with Gasteiger partial charge in [-0.3, -0.25) is 4.79 Å². The fourth-order valence-electron chi connectivity index (χ4n) is 2.23. The molecule has 0 radical (unpaired) electrons. The van der Waals surface area contributed by atoms with Gasteiger partial charge in [0.25, 0.3) is 5.56 Å². The van der Waals surface area contributed by atoms with Crippen molar-refractivity contribution in [1.29, 1.82) is 0 Å². The fraction of sp³-hybridized carbons (Fsp3) is 0.176. The van der Waals surface area contributed by atoms with Gasteiger partial charge in [0, 0.05) is 22.8 Å². The van der Waals surface area contributed by atoms with Crippen LogP contribution in [-0.4, -0.2) is 23.8 Å². The molecule has 0 N–H and O–H groups in total. The standard InChI is InChI=1S/C17H16N2O3S/c1-21-13-6-3-5-12(9-13)16-18-10-14(23-16)11-19-8-4-7-15(22-2)17(19)20/h3-10H,11H2,1-2H3. The zero-order chi connectivity index (χ0) is 16.2. The Morgan fingerprint density at radius 1 is 1.17 bits per heavy atom. The van der Waals surface area contributed by atoms with E-state index in [1.807, 2.05) is 24.3 Å². The second kappa shape index (κ2) is 6.66. The summed E-state index contributed by atoms with van der Waals surface area (Å²) in [6.07, 6.45) is 3.54. The Morgan fingerprint density at radius 2 is 2.04 bits per heavy atom. The molecule has 0 amide bonds. The summed E-state index contributed by atoms with van der Waals surface area (Å²) in [4.78, 5) is 17.6. The van der Waals surface area contributed by atoms with Crippen LogP contribution in [0.25, 0.3) is 10.6 Å². The van der Waals surface area contributed by atoms with E-state index in [1.54, 1.807) is 47.5 Å². The second-order valence-corrected chi connectivity index (χ2v) is 5.99. The van der Waals surface area contributed by atoms with Gasteiger partial charge in [-0.25, -0.2) is 4.98 Å². The normalized spacial score (nSPS) is 10.5. The number of hydrogen-bond donors (Lipinski definition) is 0. The highest BCUT2D eigenvalue weighted by Crippen LogP contribution is 2.28. The van der Waals surface area contributed by atoms with Gasteiger partial charge >= 0.3 is 0 Å². The topological polar surface area (TPSA) is 53.4 Å². The van der Waals surface area contributed by atoms with Gasteiger partial charge in [0.05, 0.1) is 20.8 Å². The van der Waals surface area contributed by atoms with Crippen LogP contribution in [0.15, 0.2) is 53.6 Å². The van der Waals surface area contributed by atoms with Crippen molar-refractivity contribution in [2.45, 2.75) is 6.54 Å². The number of thiazole rings is 1. The average molecular weight is 328 g/mol. The van der Waals surface area contributed by atoms with Gasteiger partial charge in [-0.15, -0.1) is 11.3 Å². The van der Waals surface area contributed by atoms with Gasteiger partial charge in [-0.1, -0.05) is 12.1 Å². The molecule has 0 bridgehead atoms. The molecule has 2 heterocycles. The third kappa shape index (κ3) is 3.27. The molecule has 3 rings (SSSR count). The number of nitrogens with zero attached hydrogens (tertiary/aromatic N) is 2. The Hall–Kier alpha value is -2.60. The van der Waals surface area contributed by atoms with Crippen LogP contribution < -0.4 is 15.0 Å². The monoisotopic (exact) mass is 328 g/mol. The molecule has 5 nitrogen and oxygen atoms in total. The number of aromatic nitrogens is 2. The summed E-state index contributed by atoms with van der Waals surface area (Å²) in [7, 11) is 3.14. The molecule has 0 fully saturated rings. The lowest BCUT2D eigenvalue weighted by molar-refractivity contribution is 0.403. The predicted molar refractivity (Wildman–Crippen MR) is 90.5 cm³/mol. The van der Waals surface area contributed by atoms with Crippen molar-refractivity contribution < 1.29 is 9.47 Å². The van der Waals surface area contributed by atoms with E-state index in [0.717, 1.165) is 21.2 Å². The summed E-state index contributed by atoms with van der Waals surface area (Å²) >= 11 is 1.55. The smallest absolute Gasteiger partial charge is 0.293 e. The van der Waals surface area contributed by atoms with Crippen LogP contribution in [0.4, 0.5) is 0 Å². The molecule has 0 unspecified atom stereocenters. The van der Waals surface area contributed by atoms with Crippen LogP contribution >= 0.6 is 11.3 Å². The molecular formula is C17H16N2O3S. The van der Waals surface area contributed by atoms with Crippen molar-refractivity contribution >= 4 is 11.3 Å². The number of pyridine rings is 1. The Labute approximate surface area is 137 Å². The molecule has 0 aliphatic carbocycles. The minimum Gasteiger partial charge on any atom is -0.497 e. The van der Waals surface area contributed by atoms with Gasteiger partial charge < -0.3 is 14.0 Å². The SMILES string of the molecule is COc1cccc(-c2ncc(Cn3cccc(OC)c3=O)s2)c1. The number of rotatable bonds is 5. The predicted octanol–water partition coefficient (Wildman–Crippen LogP) is 3.04. The van der Waals surface area contributed by atoms with Crippen molar-refractivity contribution in [3.8, 4) is 22.1 Å². The highest BCUT2D eigenvalue weighted by molar-refractivity contribution is 7.15. The third-order valence-electron chi connectivity index (χ3n) is 3.40. The summed E-state index contributed by atoms with van der Waals surface area (Å²) in [5.41, 5.74) is 0.852.